The number of hydrogen-bond acceptors (Lipinski definition) is 5. The predicted molar refractivity (Wildman–Crippen MR) is 61.4 cm³/mol. The van der Waals surface area contributed by atoms with E-state index in [9.17, 15) is 0 Å². The first-order valence-electron chi connectivity index (χ1n) is 4.75. The average molecular weight is 214 g/mol. The molecule has 1 heterocycles. The molecule has 0 saturated heterocycles. The van der Waals surface area contributed by atoms with Crippen LogP contribution in [0.25, 0.3) is 0 Å². The minimum atomic E-state index is 0.250. The summed E-state index contributed by atoms with van der Waals surface area (Å²) in [6, 6.07) is 0. The highest BCUT2D eigenvalue weighted by Gasteiger charge is 2.22. The van der Waals surface area contributed by atoms with Crippen LogP contribution in [0.5, 0.6) is 0 Å². The van der Waals surface area contributed by atoms with E-state index in [2.05, 4.69) is 42.4 Å². The average Bonchev–Trinajstić information content (AvgIpc) is 2.48. The second-order valence-electron chi connectivity index (χ2n) is 4.45. The van der Waals surface area contributed by atoms with E-state index in [1.54, 1.807) is 0 Å². The molecule has 1 rings (SSSR count). The topological polar surface area (TPSA) is 63.8 Å². The minimum absolute atomic E-state index is 0.250. The lowest BCUT2D eigenvalue weighted by molar-refractivity contribution is 0.269. The first kappa shape index (κ1) is 11.2. The van der Waals surface area contributed by atoms with Gasteiger partial charge in [-0.2, -0.15) is 9.36 Å². The molecule has 0 aliphatic heterocycles. The van der Waals surface area contributed by atoms with Crippen LogP contribution in [-0.4, -0.2) is 15.9 Å². The molecule has 0 saturated carbocycles. The zero-order valence-electron chi connectivity index (χ0n) is 9.16. The van der Waals surface area contributed by atoms with Crippen molar-refractivity contribution in [2.24, 2.45) is 11.3 Å². The lowest BCUT2D eigenvalue weighted by Gasteiger charge is -2.29. The van der Waals surface area contributed by atoms with Crippen LogP contribution in [0.4, 0.5) is 11.1 Å². The van der Waals surface area contributed by atoms with Gasteiger partial charge in [0.1, 0.15) is 0 Å². The van der Waals surface area contributed by atoms with Crippen LogP contribution in [0.2, 0.25) is 0 Å². The molecule has 0 unspecified atom stereocenters. The van der Waals surface area contributed by atoms with Gasteiger partial charge in [-0.15, -0.1) is 0 Å². The summed E-state index contributed by atoms with van der Waals surface area (Å²) in [6.45, 7) is 9.79. The van der Waals surface area contributed by atoms with Crippen LogP contribution in [0.3, 0.4) is 0 Å². The van der Waals surface area contributed by atoms with Crippen molar-refractivity contribution in [1.82, 2.24) is 9.36 Å². The smallest absolute Gasteiger partial charge is 0.233 e. The highest BCUT2D eigenvalue weighted by molar-refractivity contribution is 7.09. The highest BCUT2D eigenvalue weighted by Crippen LogP contribution is 2.26. The van der Waals surface area contributed by atoms with Gasteiger partial charge in [0.2, 0.25) is 11.1 Å². The number of hydrogen-bond donors (Lipinski definition) is 2. The van der Waals surface area contributed by atoms with Crippen LogP contribution >= 0.6 is 11.5 Å². The number of nitrogen functional groups attached to an aromatic ring is 1. The Labute approximate surface area is 89.1 Å². The van der Waals surface area contributed by atoms with E-state index in [-0.39, 0.29) is 5.41 Å². The van der Waals surface area contributed by atoms with Gasteiger partial charge in [-0.1, -0.05) is 27.7 Å². The number of nitrogens with zero attached hydrogens (tertiary/aromatic N) is 2. The third-order valence-corrected chi connectivity index (χ3v) is 3.39. The third-order valence-electron chi connectivity index (χ3n) is 2.70. The molecule has 0 aliphatic rings. The standard InChI is InChI=1S/C9H18N4S/c1-6(2)9(3,4)5-11-8-12-7(10)13-14-8/h6H,5H2,1-4H3,(H3,10,11,12,13). The molecule has 14 heavy (non-hydrogen) atoms. The molecule has 80 valence electrons. The molecule has 0 aliphatic carbocycles. The van der Waals surface area contributed by atoms with Crippen LogP contribution in [-0.2, 0) is 0 Å². The van der Waals surface area contributed by atoms with Crippen LogP contribution < -0.4 is 11.1 Å². The van der Waals surface area contributed by atoms with E-state index in [0.717, 1.165) is 11.7 Å². The van der Waals surface area contributed by atoms with E-state index in [4.69, 9.17) is 5.73 Å². The minimum Gasteiger partial charge on any atom is -0.367 e. The predicted octanol–water partition coefficient (Wildman–Crippen LogP) is 2.21. The first-order valence-corrected chi connectivity index (χ1v) is 5.52. The van der Waals surface area contributed by atoms with Crippen molar-refractivity contribution in [1.29, 1.82) is 0 Å². The van der Waals surface area contributed by atoms with Gasteiger partial charge in [-0.25, -0.2) is 0 Å². The molecule has 0 bridgehead atoms. The van der Waals surface area contributed by atoms with Gasteiger partial charge in [0, 0.05) is 18.1 Å². The van der Waals surface area contributed by atoms with Crippen LogP contribution in [0.15, 0.2) is 0 Å². The zero-order valence-corrected chi connectivity index (χ0v) is 9.98. The molecule has 0 aromatic carbocycles. The van der Waals surface area contributed by atoms with Crippen molar-refractivity contribution in [2.75, 3.05) is 17.6 Å². The molecule has 0 spiro atoms. The monoisotopic (exact) mass is 214 g/mol. The maximum Gasteiger partial charge on any atom is 0.233 e. The fourth-order valence-electron chi connectivity index (χ4n) is 0.814. The summed E-state index contributed by atoms with van der Waals surface area (Å²) in [5.74, 6) is 0.972. The SMILES string of the molecule is CC(C)C(C)(C)CNc1nc(N)ns1. The Bertz CT molecular complexity index is 293. The summed E-state index contributed by atoms with van der Waals surface area (Å²) in [4.78, 5) is 4.05. The van der Waals surface area contributed by atoms with Crippen molar-refractivity contribution in [3.8, 4) is 0 Å². The summed E-state index contributed by atoms with van der Waals surface area (Å²) in [5, 5.41) is 4.05. The lowest BCUT2D eigenvalue weighted by Crippen LogP contribution is -2.28. The number of aromatic nitrogens is 2. The maximum absolute atomic E-state index is 5.43. The first-order chi connectivity index (χ1) is 6.42. The van der Waals surface area contributed by atoms with E-state index >= 15 is 0 Å². The zero-order chi connectivity index (χ0) is 10.8. The van der Waals surface area contributed by atoms with Crippen molar-refractivity contribution in [3.63, 3.8) is 0 Å². The summed E-state index contributed by atoms with van der Waals surface area (Å²) in [5.41, 5.74) is 5.68. The quantitative estimate of drug-likeness (QED) is 0.806. The molecular weight excluding hydrogens is 196 g/mol. The van der Waals surface area contributed by atoms with Crippen molar-refractivity contribution in [2.45, 2.75) is 27.7 Å². The lowest BCUT2D eigenvalue weighted by atomic mass is 9.81. The van der Waals surface area contributed by atoms with Crippen molar-refractivity contribution < 1.29 is 0 Å². The summed E-state index contributed by atoms with van der Waals surface area (Å²) >= 11 is 1.30. The summed E-state index contributed by atoms with van der Waals surface area (Å²) in [6.07, 6.45) is 0. The Morgan fingerprint density at radius 3 is 2.57 bits per heavy atom. The van der Waals surface area contributed by atoms with Gasteiger partial charge < -0.3 is 11.1 Å². The van der Waals surface area contributed by atoms with Gasteiger partial charge in [0.25, 0.3) is 0 Å². The Morgan fingerprint density at radius 1 is 1.50 bits per heavy atom. The molecule has 0 amide bonds. The largest absolute Gasteiger partial charge is 0.367 e. The van der Waals surface area contributed by atoms with Crippen molar-refractivity contribution >= 4 is 22.6 Å². The number of nitrogens with one attached hydrogen (secondary N) is 1. The molecule has 0 radical (unpaired) electrons. The van der Waals surface area contributed by atoms with E-state index in [1.807, 2.05) is 0 Å². The molecule has 5 heteroatoms. The molecular formula is C9H18N4S. The Kier molecular flexibility index (Phi) is 3.31. The van der Waals surface area contributed by atoms with E-state index < -0.39 is 0 Å². The molecule has 3 N–H and O–H groups in total. The second kappa shape index (κ2) is 4.13. The molecule has 4 nitrogen and oxygen atoms in total. The van der Waals surface area contributed by atoms with Crippen LogP contribution in [0, 0.1) is 11.3 Å². The maximum atomic E-state index is 5.43. The number of nitrogens with two attached hydrogens (primary N) is 1. The Balaban J connectivity index is 2.48. The fourth-order valence-corrected chi connectivity index (χ4v) is 1.31. The van der Waals surface area contributed by atoms with Gasteiger partial charge in [-0.3, -0.25) is 0 Å². The Hall–Kier alpha value is -0.840. The van der Waals surface area contributed by atoms with Gasteiger partial charge in [-0.05, 0) is 11.3 Å². The van der Waals surface area contributed by atoms with Gasteiger partial charge >= 0.3 is 0 Å². The highest BCUT2D eigenvalue weighted by atomic mass is 32.1. The van der Waals surface area contributed by atoms with Gasteiger partial charge in [0.05, 0.1) is 0 Å². The van der Waals surface area contributed by atoms with E-state index in [1.165, 1.54) is 11.5 Å². The summed E-state index contributed by atoms with van der Waals surface area (Å²) in [7, 11) is 0. The Morgan fingerprint density at radius 2 is 2.14 bits per heavy atom. The van der Waals surface area contributed by atoms with Gasteiger partial charge in [0.15, 0.2) is 0 Å². The normalized spacial score (nSPS) is 12.1. The fraction of sp³-hybridized carbons (Fsp3) is 0.778. The van der Waals surface area contributed by atoms with Crippen molar-refractivity contribution in [3.05, 3.63) is 0 Å². The number of anilines is 2. The molecule has 1 aromatic heterocycles. The third kappa shape index (κ3) is 2.83. The van der Waals surface area contributed by atoms with Crippen LogP contribution in [0.1, 0.15) is 27.7 Å². The summed E-state index contributed by atoms with van der Waals surface area (Å²) < 4.78 is 3.91. The van der Waals surface area contributed by atoms with E-state index in [0.29, 0.717) is 11.9 Å². The number of rotatable bonds is 4. The molecule has 0 fully saturated rings. The molecule has 0 atom stereocenters. The molecule has 1 aromatic rings. The second-order valence-corrected chi connectivity index (χ2v) is 5.21.